The molecule has 2 rings (SSSR count). The first kappa shape index (κ1) is 16.9. The Balaban J connectivity index is 2.06. The van der Waals surface area contributed by atoms with Gasteiger partial charge in [0.25, 0.3) is 0 Å². The number of nitrogens with one attached hydrogen (secondary N) is 1. The van der Waals surface area contributed by atoms with E-state index in [1.54, 1.807) is 7.11 Å². The number of ether oxygens (including phenoxy) is 1. The van der Waals surface area contributed by atoms with Gasteiger partial charge >= 0.3 is 0 Å². The molecular weight excluding hydrogens is 274 g/mol. The van der Waals surface area contributed by atoms with E-state index in [-0.39, 0.29) is 11.4 Å². The average molecular weight is 303 g/mol. The van der Waals surface area contributed by atoms with Crippen molar-refractivity contribution in [2.45, 2.75) is 65.3 Å². The number of hydrogen-bond acceptors (Lipinski definition) is 2. The Morgan fingerprint density at radius 1 is 1.36 bits per heavy atom. The molecule has 2 unspecified atom stereocenters. The monoisotopic (exact) mass is 303 g/mol. The summed E-state index contributed by atoms with van der Waals surface area (Å²) in [7, 11) is 1.67. The number of methoxy groups -OCH3 is 1. The number of carbonyl (C=O) groups excluding carboxylic acids is 1. The van der Waals surface area contributed by atoms with Crippen LogP contribution in [-0.2, 0) is 11.2 Å². The Morgan fingerprint density at radius 2 is 2.00 bits per heavy atom. The second-order valence-corrected chi connectivity index (χ2v) is 7.23. The molecule has 0 aromatic heterocycles. The molecule has 1 aliphatic rings. The fourth-order valence-electron chi connectivity index (χ4n) is 3.82. The van der Waals surface area contributed by atoms with E-state index in [1.165, 1.54) is 12.8 Å². The maximum Gasteiger partial charge on any atom is 0.224 e. The number of hydrogen-bond donors (Lipinski definition) is 1. The quantitative estimate of drug-likeness (QED) is 0.915. The van der Waals surface area contributed by atoms with Gasteiger partial charge in [0.05, 0.1) is 13.5 Å². The van der Waals surface area contributed by atoms with Gasteiger partial charge in [0, 0.05) is 5.54 Å². The molecule has 1 fully saturated rings. The van der Waals surface area contributed by atoms with Crippen LogP contribution in [0.5, 0.6) is 5.75 Å². The van der Waals surface area contributed by atoms with Crippen molar-refractivity contribution < 1.29 is 9.53 Å². The summed E-state index contributed by atoms with van der Waals surface area (Å²) in [6.45, 7) is 8.56. The molecule has 1 saturated carbocycles. The van der Waals surface area contributed by atoms with Crippen LogP contribution in [0.4, 0.5) is 0 Å². The number of amides is 1. The molecule has 1 amide bonds. The Kier molecular flexibility index (Phi) is 5.15. The molecule has 1 aromatic rings. The number of aryl methyl sites for hydroxylation is 2. The largest absolute Gasteiger partial charge is 0.497 e. The lowest BCUT2D eigenvalue weighted by Gasteiger charge is -2.38. The van der Waals surface area contributed by atoms with Crippen LogP contribution in [0.15, 0.2) is 12.1 Å². The van der Waals surface area contributed by atoms with Gasteiger partial charge in [0.15, 0.2) is 0 Å². The SMILES string of the molecule is COc1cc(C)c(CC(=O)NC2(C)CCCC(C)C2)c(C)c1. The summed E-state index contributed by atoms with van der Waals surface area (Å²) < 4.78 is 5.28. The standard InChI is InChI=1S/C19H29NO2/c1-13-7-6-8-19(4,12-13)20-18(21)11-17-14(2)9-16(22-5)10-15(17)3/h9-10,13H,6-8,11-12H2,1-5H3,(H,20,21). The van der Waals surface area contributed by atoms with Crippen LogP contribution in [0.25, 0.3) is 0 Å². The normalized spacial score (nSPS) is 24.9. The van der Waals surface area contributed by atoms with Crippen LogP contribution >= 0.6 is 0 Å². The van der Waals surface area contributed by atoms with Crippen molar-refractivity contribution in [3.63, 3.8) is 0 Å². The number of benzene rings is 1. The van der Waals surface area contributed by atoms with E-state index < -0.39 is 0 Å². The molecule has 0 spiro atoms. The number of carbonyl (C=O) groups is 1. The lowest BCUT2D eigenvalue weighted by Crippen LogP contribution is -2.49. The summed E-state index contributed by atoms with van der Waals surface area (Å²) in [6.07, 6.45) is 5.11. The van der Waals surface area contributed by atoms with Crippen molar-refractivity contribution in [2.75, 3.05) is 7.11 Å². The van der Waals surface area contributed by atoms with Crippen molar-refractivity contribution in [2.24, 2.45) is 5.92 Å². The van der Waals surface area contributed by atoms with Gasteiger partial charge in [-0.2, -0.15) is 0 Å². The van der Waals surface area contributed by atoms with Crippen LogP contribution in [-0.4, -0.2) is 18.6 Å². The molecule has 3 heteroatoms. The molecule has 0 radical (unpaired) electrons. The molecule has 122 valence electrons. The maximum atomic E-state index is 12.5. The fraction of sp³-hybridized carbons (Fsp3) is 0.632. The van der Waals surface area contributed by atoms with Crippen LogP contribution in [0.2, 0.25) is 0 Å². The van der Waals surface area contributed by atoms with Crippen LogP contribution in [0, 0.1) is 19.8 Å². The van der Waals surface area contributed by atoms with Crippen molar-refractivity contribution >= 4 is 5.91 Å². The molecule has 3 nitrogen and oxygen atoms in total. The molecule has 1 aromatic carbocycles. The summed E-state index contributed by atoms with van der Waals surface area (Å²) in [5.41, 5.74) is 3.32. The predicted molar refractivity (Wildman–Crippen MR) is 90.4 cm³/mol. The summed E-state index contributed by atoms with van der Waals surface area (Å²) in [6, 6.07) is 4.00. The first-order valence-electron chi connectivity index (χ1n) is 8.28. The van der Waals surface area contributed by atoms with E-state index in [0.717, 1.165) is 35.3 Å². The summed E-state index contributed by atoms with van der Waals surface area (Å²) in [5, 5.41) is 3.29. The van der Waals surface area contributed by atoms with Gasteiger partial charge < -0.3 is 10.1 Å². The van der Waals surface area contributed by atoms with Crippen molar-refractivity contribution in [3.05, 3.63) is 28.8 Å². The Hall–Kier alpha value is -1.51. The summed E-state index contributed by atoms with van der Waals surface area (Å²) in [5.74, 6) is 1.68. The average Bonchev–Trinajstić information content (AvgIpc) is 2.41. The van der Waals surface area contributed by atoms with Crippen LogP contribution in [0.1, 0.15) is 56.2 Å². The predicted octanol–water partition coefficient (Wildman–Crippen LogP) is 3.94. The van der Waals surface area contributed by atoms with E-state index in [1.807, 2.05) is 26.0 Å². The molecule has 0 aliphatic heterocycles. The van der Waals surface area contributed by atoms with Crippen molar-refractivity contribution in [1.82, 2.24) is 5.32 Å². The molecular formula is C19H29NO2. The van der Waals surface area contributed by atoms with E-state index in [2.05, 4.69) is 19.2 Å². The zero-order chi connectivity index (χ0) is 16.3. The third kappa shape index (κ3) is 4.02. The summed E-state index contributed by atoms with van der Waals surface area (Å²) >= 11 is 0. The summed E-state index contributed by atoms with van der Waals surface area (Å²) in [4.78, 5) is 12.5. The second-order valence-electron chi connectivity index (χ2n) is 7.23. The molecule has 0 bridgehead atoms. The van der Waals surface area contributed by atoms with E-state index in [4.69, 9.17) is 4.74 Å². The highest BCUT2D eigenvalue weighted by Gasteiger charge is 2.31. The highest BCUT2D eigenvalue weighted by molar-refractivity contribution is 5.80. The molecule has 0 saturated heterocycles. The highest BCUT2D eigenvalue weighted by atomic mass is 16.5. The molecule has 22 heavy (non-hydrogen) atoms. The van der Waals surface area contributed by atoms with E-state index >= 15 is 0 Å². The topological polar surface area (TPSA) is 38.3 Å². The minimum absolute atomic E-state index is 0.0387. The van der Waals surface area contributed by atoms with Gasteiger partial charge in [0.2, 0.25) is 5.91 Å². The van der Waals surface area contributed by atoms with Crippen molar-refractivity contribution in [1.29, 1.82) is 0 Å². The van der Waals surface area contributed by atoms with Gasteiger partial charge in [-0.15, -0.1) is 0 Å². The zero-order valence-electron chi connectivity index (χ0n) is 14.6. The van der Waals surface area contributed by atoms with Gasteiger partial charge in [-0.05, 0) is 68.4 Å². The van der Waals surface area contributed by atoms with Gasteiger partial charge in [-0.1, -0.05) is 19.8 Å². The van der Waals surface area contributed by atoms with Crippen LogP contribution < -0.4 is 10.1 Å². The minimum Gasteiger partial charge on any atom is -0.497 e. The van der Waals surface area contributed by atoms with Gasteiger partial charge in [0.1, 0.15) is 5.75 Å². The smallest absolute Gasteiger partial charge is 0.224 e. The maximum absolute atomic E-state index is 12.5. The highest BCUT2D eigenvalue weighted by Crippen LogP contribution is 2.32. The van der Waals surface area contributed by atoms with Gasteiger partial charge in [-0.25, -0.2) is 0 Å². The lowest BCUT2D eigenvalue weighted by atomic mass is 9.77. The molecule has 1 aliphatic carbocycles. The van der Waals surface area contributed by atoms with E-state index in [9.17, 15) is 4.79 Å². The second kappa shape index (κ2) is 6.72. The molecule has 2 atom stereocenters. The Labute approximate surface area is 134 Å². The third-order valence-electron chi connectivity index (χ3n) is 4.91. The van der Waals surface area contributed by atoms with Gasteiger partial charge in [-0.3, -0.25) is 4.79 Å². The fourth-order valence-corrected chi connectivity index (χ4v) is 3.82. The van der Waals surface area contributed by atoms with Crippen LogP contribution in [0.3, 0.4) is 0 Å². The molecule has 0 heterocycles. The van der Waals surface area contributed by atoms with E-state index in [0.29, 0.717) is 12.3 Å². The van der Waals surface area contributed by atoms with Crippen molar-refractivity contribution in [3.8, 4) is 5.75 Å². The Morgan fingerprint density at radius 3 is 2.55 bits per heavy atom. The lowest BCUT2D eigenvalue weighted by molar-refractivity contribution is -0.122. The zero-order valence-corrected chi connectivity index (χ0v) is 14.6. The Bertz CT molecular complexity index is 529. The minimum atomic E-state index is -0.0387. The first-order valence-corrected chi connectivity index (χ1v) is 8.28. The number of rotatable bonds is 4. The molecule has 1 N–H and O–H groups in total. The first-order chi connectivity index (χ1) is 10.3. The third-order valence-corrected chi connectivity index (χ3v) is 4.91.